The third-order valence-corrected chi connectivity index (χ3v) is 5.42. The summed E-state index contributed by atoms with van der Waals surface area (Å²) in [5.41, 5.74) is 2.26. The number of allylic oxidation sites excluding steroid dienone is 1. The van der Waals surface area contributed by atoms with Crippen LogP contribution in [0.15, 0.2) is 84.9 Å². The van der Waals surface area contributed by atoms with E-state index in [9.17, 15) is 15.4 Å². The molecule has 0 heterocycles. The fourth-order valence-corrected chi connectivity index (χ4v) is 3.62. The summed E-state index contributed by atoms with van der Waals surface area (Å²) in [6, 6.07) is 27.2. The Morgan fingerprint density at radius 3 is 2.59 bits per heavy atom. The molecular formula is C26H17ClN2O3. The van der Waals surface area contributed by atoms with E-state index in [4.69, 9.17) is 16.3 Å². The average molecular weight is 441 g/mol. The molecule has 0 unspecified atom stereocenters. The van der Waals surface area contributed by atoms with Gasteiger partial charge in [0.2, 0.25) is 0 Å². The number of benzene rings is 4. The monoisotopic (exact) mass is 440 g/mol. The van der Waals surface area contributed by atoms with Gasteiger partial charge in [0.1, 0.15) is 12.4 Å². The molecule has 0 spiro atoms. The van der Waals surface area contributed by atoms with Gasteiger partial charge in [-0.3, -0.25) is 10.1 Å². The number of hydrogen-bond acceptors (Lipinski definition) is 4. The van der Waals surface area contributed by atoms with Crippen LogP contribution in [0, 0.1) is 21.4 Å². The predicted molar refractivity (Wildman–Crippen MR) is 126 cm³/mol. The number of fused-ring (bicyclic) bond motifs is 1. The summed E-state index contributed by atoms with van der Waals surface area (Å²) < 4.78 is 6.11. The maximum atomic E-state index is 11.2. The van der Waals surface area contributed by atoms with Crippen molar-refractivity contribution in [1.82, 2.24) is 0 Å². The van der Waals surface area contributed by atoms with Crippen molar-refractivity contribution in [1.29, 1.82) is 5.26 Å². The molecule has 0 saturated heterocycles. The molecule has 4 aromatic rings. The van der Waals surface area contributed by atoms with Crippen LogP contribution in [0.4, 0.5) is 5.69 Å². The zero-order valence-corrected chi connectivity index (χ0v) is 17.6. The summed E-state index contributed by atoms with van der Waals surface area (Å²) in [6.07, 6.45) is 1.71. The quantitative estimate of drug-likeness (QED) is 0.139. The van der Waals surface area contributed by atoms with Gasteiger partial charge >= 0.3 is 0 Å². The normalized spacial score (nSPS) is 11.2. The van der Waals surface area contributed by atoms with E-state index in [1.165, 1.54) is 12.1 Å². The molecule has 0 aromatic heterocycles. The smallest absolute Gasteiger partial charge is 0.270 e. The van der Waals surface area contributed by atoms with E-state index < -0.39 is 4.92 Å². The molecule has 0 saturated carbocycles. The van der Waals surface area contributed by atoms with E-state index in [1.54, 1.807) is 24.3 Å². The van der Waals surface area contributed by atoms with Gasteiger partial charge in [-0.1, -0.05) is 72.3 Å². The molecule has 4 aromatic carbocycles. The topological polar surface area (TPSA) is 76.2 Å². The number of hydrogen-bond donors (Lipinski definition) is 0. The van der Waals surface area contributed by atoms with Crippen LogP contribution in [0.25, 0.3) is 22.4 Å². The average Bonchev–Trinajstić information content (AvgIpc) is 2.82. The molecule has 4 rings (SSSR count). The molecule has 0 aliphatic rings. The third kappa shape index (κ3) is 4.46. The molecule has 32 heavy (non-hydrogen) atoms. The number of halogens is 1. The second-order valence-electron chi connectivity index (χ2n) is 7.06. The van der Waals surface area contributed by atoms with Crippen molar-refractivity contribution in [2.75, 3.05) is 0 Å². The maximum Gasteiger partial charge on any atom is 0.270 e. The van der Waals surface area contributed by atoms with E-state index in [0.717, 1.165) is 21.9 Å². The lowest BCUT2D eigenvalue weighted by Crippen LogP contribution is -1.98. The van der Waals surface area contributed by atoms with Crippen LogP contribution in [0.5, 0.6) is 5.75 Å². The highest BCUT2D eigenvalue weighted by atomic mass is 35.5. The largest absolute Gasteiger partial charge is 0.488 e. The van der Waals surface area contributed by atoms with E-state index in [0.29, 0.717) is 21.9 Å². The summed E-state index contributed by atoms with van der Waals surface area (Å²) in [5, 5.41) is 23.5. The predicted octanol–water partition coefficient (Wildman–Crippen LogP) is 7.04. The lowest BCUT2D eigenvalue weighted by atomic mass is 9.98. The molecule has 156 valence electrons. The molecule has 0 fully saturated rings. The maximum absolute atomic E-state index is 11.2. The minimum absolute atomic E-state index is 0.0724. The van der Waals surface area contributed by atoms with Crippen molar-refractivity contribution < 1.29 is 9.66 Å². The Kier molecular flexibility index (Phi) is 6.16. The van der Waals surface area contributed by atoms with Gasteiger partial charge in [0.05, 0.1) is 16.6 Å². The van der Waals surface area contributed by atoms with Crippen molar-refractivity contribution >= 4 is 39.7 Å². The summed E-state index contributed by atoms with van der Waals surface area (Å²) in [6.45, 7) is 0.261. The molecule has 5 nitrogen and oxygen atoms in total. The summed E-state index contributed by atoms with van der Waals surface area (Å²) in [7, 11) is 0. The first-order chi connectivity index (χ1) is 15.6. The van der Waals surface area contributed by atoms with Crippen LogP contribution in [-0.4, -0.2) is 4.92 Å². The first-order valence-electron chi connectivity index (χ1n) is 9.81. The number of nitrogens with zero attached hydrogens (tertiary/aromatic N) is 2. The van der Waals surface area contributed by atoms with E-state index >= 15 is 0 Å². The first kappa shape index (κ1) is 21.1. The minimum Gasteiger partial charge on any atom is -0.488 e. The molecule has 0 aliphatic heterocycles. The Morgan fingerprint density at radius 1 is 1.03 bits per heavy atom. The minimum atomic E-state index is -0.478. The van der Waals surface area contributed by atoms with Crippen LogP contribution in [0.3, 0.4) is 0 Å². The highest BCUT2D eigenvalue weighted by Crippen LogP contribution is 2.33. The summed E-state index contributed by atoms with van der Waals surface area (Å²) in [5.74, 6) is 0.585. The molecule has 6 heteroatoms. The molecule has 0 N–H and O–H groups in total. The zero-order chi connectivity index (χ0) is 22.5. The standard InChI is InChI=1S/C26H17ClN2O3/c27-25-11-4-2-7-20(25)17-32-26-13-12-18-6-1-3-10-23(18)24(26)15-21(16-28)19-8-5-9-22(14-19)29(30)31/h1-15H,17H2. The Balaban J connectivity index is 1.81. The Labute approximate surface area is 189 Å². The molecular weight excluding hydrogens is 424 g/mol. The van der Waals surface area contributed by atoms with Crippen molar-refractivity contribution in [3.05, 3.63) is 117 Å². The van der Waals surface area contributed by atoms with E-state index in [2.05, 4.69) is 6.07 Å². The number of rotatable bonds is 6. The highest BCUT2D eigenvalue weighted by molar-refractivity contribution is 6.31. The van der Waals surface area contributed by atoms with Crippen LogP contribution >= 0.6 is 11.6 Å². The SMILES string of the molecule is N#CC(=Cc1c(OCc2ccccc2Cl)ccc2ccccc12)c1cccc([N+](=O)[O-])c1. The number of non-ortho nitro benzene ring substituents is 1. The van der Waals surface area contributed by atoms with Crippen LogP contribution in [0.1, 0.15) is 16.7 Å². The molecule has 0 radical (unpaired) electrons. The van der Waals surface area contributed by atoms with Gasteiger partial charge in [-0.2, -0.15) is 5.26 Å². The Bertz CT molecular complexity index is 1390. The van der Waals surface area contributed by atoms with Crippen LogP contribution in [-0.2, 0) is 6.61 Å². The second-order valence-corrected chi connectivity index (χ2v) is 7.46. The van der Waals surface area contributed by atoms with Gasteiger partial charge in [-0.25, -0.2) is 0 Å². The summed E-state index contributed by atoms with van der Waals surface area (Å²) in [4.78, 5) is 10.7. The van der Waals surface area contributed by atoms with Crippen LogP contribution in [0.2, 0.25) is 5.02 Å². The van der Waals surface area contributed by atoms with Gasteiger partial charge in [-0.05, 0) is 34.5 Å². The zero-order valence-electron chi connectivity index (χ0n) is 16.9. The Morgan fingerprint density at radius 2 is 1.81 bits per heavy atom. The fraction of sp³-hybridized carbons (Fsp3) is 0.0385. The van der Waals surface area contributed by atoms with Crippen molar-refractivity contribution in [3.8, 4) is 11.8 Å². The molecule has 0 amide bonds. The number of nitro groups is 1. The first-order valence-corrected chi connectivity index (χ1v) is 10.2. The van der Waals surface area contributed by atoms with Crippen LogP contribution < -0.4 is 4.74 Å². The number of nitriles is 1. The molecule has 0 atom stereocenters. The van der Waals surface area contributed by atoms with Gasteiger partial charge < -0.3 is 4.74 Å². The van der Waals surface area contributed by atoms with E-state index in [-0.39, 0.29) is 12.3 Å². The van der Waals surface area contributed by atoms with Gasteiger partial charge in [0, 0.05) is 28.3 Å². The number of ether oxygens (including phenoxy) is 1. The fourth-order valence-electron chi connectivity index (χ4n) is 3.43. The number of nitro benzene ring substituents is 1. The highest BCUT2D eigenvalue weighted by Gasteiger charge is 2.13. The van der Waals surface area contributed by atoms with Crippen molar-refractivity contribution in [3.63, 3.8) is 0 Å². The lowest BCUT2D eigenvalue weighted by Gasteiger charge is -2.13. The lowest BCUT2D eigenvalue weighted by molar-refractivity contribution is -0.384. The van der Waals surface area contributed by atoms with Gasteiger partial charge in [-0.15, -0.1) is 0 Å². The summed E-state index contributed by atoms with van der Waals surface area (Å²) >= 11 is 6.26. The van der Waals surface area contributed by atoms with Gasteiger partial charge in [0.25, 0.3) is 5.69 Å². The Hall–Kier alpha value is -4.14. The molecule has 0 bridgehead atoms. The third-order valence-electron chi connectivity index (χ3n) is 5.05. The second kappa shape index (κ2) is 9.34. The van der Waals surface area contributed by atoms with Crippen molar-refractivity contribution in [2.24, 2.45) is 0 Å². The van der Waals surface area contributed by atoms with Gasteiger partial charge in [0.15, 0.2) is 0 Å². The van der Waals surface area contributed by atoms with E-state index in [1.807, 2.05) is 54.6 Å². The molecule has 0 aliphatic carbocycles. The van der Waals surface area contributed by atoms with Crippen molar-refractivity contribution in [2.45, 2.75) is 6.61 Å².